The first-order chi connectivity index (χ1) is 11.1. The Bertz CT molecular complexity index is 520. The zero-order chi connectivity index (χ0) is 17.1. The number of hydrogen-bond acceptors (Lipinski definition) is 5. The quantitative estimate of drug-likeness (QED) is 0.329. The van der Waals surface area contributed by atoms with E-state index in [-0.39, 0.29) is 11.4 Å². The Morgan fingerprint density at radius 3 is 2.09 bits per heavy atom. The van der Waals surface area contributed by atoms with Crippen molar-refractivity contribution in [3.63, 3.8) is 0 Å². The predicted molar refractivity (Wildman–Crippen MR) is 90.9 cm³/mol. The molecule has 0 heterocycles. The van der Waals surface area contributed by atoms with Crippen molar-refractivity contribution in [1.82, 2.24) is 0 Å². The third kappa shape index (κ3) is 7.08. The number of non-ortho nitro benzene ring substituents is 1. The normalized spacial score (nSPS) is 10.5. The molecule has 0 aliphatic rings. The molecule has 0 unspecified atom stereocenters. The van der Waals surface area contributed by atoms with E-state index in [2.05, 4.69) is 12.2 Å². The molecule has 0 saturated heterocycles. The average Bonchev–Trinajstić information content (AvgIpc) is 2.53. The third-order valence-corrected chi connectivity index (χ3v) is 3.73. The van der Waals surface area contributed by atoms with Gasteiger partial charge in [-0.15, -0.1) is 0 Å². The fourth-order valence-electron chi connectivity index (χ4n) is 2.42. The number of nitro benzene ring substituents is 2. The molecular formula is C16H25N3O4. The summed E-state index contributed by atoms with van der Waals surface area (Å²) in [6.45, 7) is 2.83. The lowest BCUT2D eigenvalue weighted by Crippen LogP contribution is -2.05. The van der Waals surface area contributed by atoms with Crippen LogP contribution in [0.15, 0.2) is 18.2 Å². The highest BCUT2D eigenvalue weighted by atomic mass is 16.6. The van der Waals surface area contributed by atoms with E-state index in [0.29, 0.717) is 12.2 Å². The second kappa shape index (κ2) is 10.5. The van der Waals surface area contributed by atoms with E-state index in [1.54, 1.807) is 0 Å². The molecule has 0 aliphatic heterocycles. The first kappa shape index (κ1) is 18.9. The molecule has 1 aromatic carbocycles. The number of nitrogens with zero attached hydrogens (tertiary/aromatic N) is 2. The molecule has 1 aromatic rings. The van der Waals surface area contributed by atoms with Gasteiger partial charge in [-0.25, -0.2) is 0 Å². The zero-order valence-electron chi connectivity index (χ0n) is 13.6. The minimum absolute atomic E-state index is 0.251. The summed E-state index contributed by atoms with van der Waals surface area (Å²) in [4.78, 5) is 20.5. The topological polar surface area (TPSA) is 98.3 Å². The highest BCUT2D eigenvalue weighted by molar-refractivity contribution is 5.65. The second-order valence-electron chi connectivity index (χ2n) is 5.62. The van der Waals surface area contributed by atoms with Crippen molar-refractivity contribution in [1.29, 1.82) is 0 Å². The summed E-state index contributed by atoms with van der Waals surface area (Å²) in [5.74, 6) is 0. The molecule has 0 amide bonds. The van der Waals surface area contributed by atoms with Gasteiger partial charge in [-0.3, -0.25) is 20.2 Å². The van der Waals surface area contributed by atoms with E-state index in [9.17, 15) is 20.2 Å². The molecule has 1 rings (SSSR count). The van der Waals surface area contributed by atoms with Crippen LogP contribution in [0.1, 0.15) is 58.3 Å². The van der Waals surface area contributed by atoms with E-state index >= 15 is 0 Å². The summed E-state index contributed by atoms with van der Waals surface area (Å²) in [6, 6.07) is 3.68. The standard InChI is InChI=1S/C16H25N3O4/c1-2-3-4-5-6-7-8-9-12-17-15-11-10-14(18(20)21)13-16(15)19(22)23/h10-11,13,17H,2-9,12H2,1H3. The number of rotatable bonds is 12. The van der Waals surface area contributed by atoms with Crippen molar-refractivity contribution in [3.05, 3.63) is 38.4 Å². The maximum absolute atomic E-state index is 11.0. The minimum atomic E-state index is -0.630. The van der Waals surface area contributed by atoms with Crippen LogP contribution >= 0.6 is 0 Å². The minimum Gasteiger partial charge on any atom is -0.379 e. The van der Waals surface area contributed by atoms with Gasteiger partial charge in [-0.1, -0.05) is 51.9 Å². The van der Waals surface area contributed by atoms with Crippen LogP contribution in [0.25, 0.3) is 0 Å². The van der Waals surface area contributed by atoms with Gasteiger partial charge in [0.25, 0.3) is 11.4 Å². The molecule has 0 spiro atoms. The van der Waals surface area contributed by atoms with Crippen LogP contribution in [0.2, 0.25) is 0 Å². The van der Waals surface area contributed by atoms with Crippen LogP contribution < -0.4 is 5.32 Å². The number of anilines is 1. The fraction of sp³-hybridized carbons (Fsp3) is 0.625. The molecule has 0 fully saturated rings. The Morgan fingerprint density at radius 1 is 0.913 bits per heavy atom. The Kier molecular flexibility index (Phi) is 8.64. The Labute approximate surface area is 136 Å². The van der Waals surface area contributed by atoms with Crippen LogP contribution in [-0.2, 0) is 0 Å². The number of hydrogen-bond donors (Lipinski definition) is 1. The van der Waals surface area contributed by atoms with E-state index in [4.69, 9.17) is 0 Å². The van der Waals surface area contributed by atoms with Crippen LogP contribution in [0, 0.1) is 20.2 Å². The van der Waals surface area contributed by atoms with Crippen molar-refractivity contribution < 1.29 is 9.85 Å². The molecule has 7 nitrogen and oxygen atoms in total. The van der Waals surface area contributed by atoms with Gasteiger partial charge in [-0.2, -0.15) is 0 Å². The smallest absolute Gasteiger partial charge is 0.299 e. The SMILES string of the molecule is CCCCCCCCCCNc1ccc([N+](=O)[O-])cc1[N+](=O)[O-]. The molecule has 1 N–H and O–H groups in total. The molecule has 7 heteroatoms. The van der Waals surface area contributed by atoms with Crippen LogP contribution in [0.3, 0.4) is 0 Å². The second-order valence-corrected chi connectivity index (χ2v) is 5.62. The molecule has 0 radical (unpaired) electrons. The molecular weight excluding hydrogens is 298 g/mol. The van der Waals surface area contributed by atoms with E-state index in [1.165, 1.54) is 50.7 Å². The van der Waals surface area contributed by atoms with Crippen molar-refractivity contribution >= 4 is 17.1 Å². The lowest BCUT2D eigenvalue weighted by atomic mass is 10.1. The number of benzene rings is 1. The first-order valence-electron chi connectivity index (χ1n) is 8.23. The van der Waals surface area contributed by atoms with Crippen molar-refractivity contribution in [3.8, 4) is 0 Å². The third-order valence-electron chi connectivity index (χ3n) is 3.73. The first-order valence-corrected chi connectivity index (χ1v) is 8.23. The molecule has 128 valence electrons. The van der Waals surface area contributed by atoms with Gasteiger partial charge in [0.2, 0.25) is 0 Å². The Balaban J connectivity index is 2.34. The summed E-state index contributed by atoms with van der Waals surface area (Å²) in [6.07, 6.45) is 9.54. The average molecular weight is 323 g/mol. The summed E-state index contributed by atoms with van der Waals surface area (Å²) in [5, 5.41) is 24.7. The summed E-state index contributed by atoms with van der Waals surface area (Å²) in [5.41, 5.74) is -0.184. The lowest BCUT2D eigenvalue weighted by molar-refractivity contribution is -0.393. The summed E-state index contributed by atoms with van der Waals surface area (Å²) >= 11 is 0. The molecule has 0 aromatic heterocycles. The maximum atomic E-state index is 11.0. The van der Waals surface area contributed by atoms with Crippen molar-refractivity contribution in [2.75, 3.05) is 11.9 Å². The summed E-state index contributed by atoms with van der Waals surface area (Å²) < 4.78 is 0. The van der Waals surface area contributed by atoms with Gasteiger partial charge in [-0.05, 0) is 12.5 Å². The van der Waals surface area contributed by atoms with Gasteiger partial charge in [0.1, 0.15) is 5.69 Å². The van der Waals surface area contributed by atoms with E-state index in [0.717, 1.165) is 18.9 Å². The Morgan fingerprint density at radius 2 is 1.52 bits per heavy atom. The maximum Gasteiger partial charge on any atom is 0.299 e. The van der Waals surface area contributed by atoms with Gasteiger partial charge in [0.15, 0.2) is 0 Å². The van der Waals surface area contributed by atoms with Crippen molar-refractivity contribution in [2.45, 2.75) is 58.3 Å². The zero-order valence-corrected chi connectivity index (χ0v) is 13.6. The number of nitro groups is 2. The van der Waals surface area contributed by atoms with Gasteiger partial charge >= 0.3 is 0 Å². The van der Waals surface area contributed by atoms with Crippen LogP contribution in [-0.4, -0.2) is 16.4 Å². The van der Waals surface area contributed by atoms with Crippen LogP contribution in [0.4, 0.5) is 17.1 Å². The number of nitrogens with one attached hydrogen (secondary N) is 1. The van der Waals surface area contributed by atoms with Crippen molar-refractivity contribution in [2.24, 2.45) is 0 Å². The van der Waals surface area contributed by atoms with E-state index < -0.39 is 9.85 Å². The van der Waals surface area contributed by atoms with Gasteiger partial charge in [0.05, 0.1) is 15.9 Å². The molecule has 0 atom stereocenters. The number of unbranched alkanes of at least 4 members (excludes halogenated alkanes) is 7. The lowest BCUT2D eigenvalue weighted by Gasteiger charge is -2.07. The van der Waals surface area contributed by atoms with Gasteiger partial charge < -0.3 is 5.32 Å². The highest BCUT2D eigenvalue weighted by Crippen LogP contribution is 2.28. The highest BCUT2D eigenvalue weighted by Gasteiger charge is 2.18. The molecule has 23 heavy (non-hydrogen) atoms. The summed E-state index contributed by atoms with van der Waals surface area (Å²) in [7, 11) is 0. The van der Waals surface area contributed by atoms with E-state index in [1.807, 2.05) is 0 Å². The molecule has 0 saturated carbocycles. The van der Waals surface area contributed by atoms with Gasteiger partial charge in [0, 0.05) is 12.6 Å². The monoisotopic (exact) mass is 323 g/mol. The fourth-order valence-corrected chi connectivity index (χ4v) is 2.42. The molecule has 0 aliphatic carbocycles. The molecule has 0 bridgehead atoms. The van der Waals surface area contributed by atoms with Crippen LogP contribution in [0.5, 0.6) is 0 Å². The Hall–Kier alpha value is -2.18. The largest absolute Gasteiger partial charge is 0.379 e. The predicted octanol–water partition coefficient (Wildman–Crippen LogP) is 5.06.